The lowest BCUT2D eigenvalue weighted by Crippen LogP contribution is -2.33. The normalized spacial score (nSPS) is 22.3. The van der Waals surface area contributed by atoms with Crippen molar-refractivity contribution in [1.29, 1.82) is 0 Å². The summed E-state index contributed by atoms with van der Waals surface area (Å²) in [7, 11) is 0. The van der Waals surface area contributed by atoms with Crippen molar-refractivity contribution < 1.29 is 9.59 Å². The molecule has 1 spiro atoms. The molecule has 29 heavy (non-hydrogen) atoms. The van der Waals surface area contributed by atoms with Gasteiger partial charge in [0.15, 0.2) is 0 Å². The van der Waals surface area contributed by atoms with E-state index in [1.165, 1.54) is 4.90 Å². The van der Waals surface area contributed by atoms with Crippen LogP contribution in [0, 0.1) is 5.41 Å². The zero-order valence-electron chi connectivity index (χ0n) is 15.4. The van der Waals surface area contributed by atoms with Crippen molar-refractivity contribution in [2.75, 3.05) is 4.90 Å². The van der Waals surface area contributed by atoms with Gasteiger partial charge in [-0.1, -0.05) is 83.9 Å². The summed E-state index contributed by atoms with van der Waals surface area (Å²) < 4.78 is 0. The molecule has 0 bridgehead atoms. The Labute approximate surface area is 178 Å². The minimum Gasteiger partial charge on any atom is -0.274 e. The predicted molar refractivity (Wildman–Crippen MR) is 114 cm³/mol. The van der Waals surface area contributed by atoms with Gasteiger partial charge in [0, 0.05) is 11.8 Å². The van der Waals surface area contributed by atoms with Gasteiger partial charge in [-0.15, -0.1) is 0 Å². The first-order chi connectivity index (χ1) is 14.0. The first-order valence-corrected chi connectivity index (χ1v) is 10.2. The van der Waals surface area contributed by atoms with Crippen LogP contribution in [0.3, 0.4) is 0 Å². The van der Waals surface area contributed by atoms with Gasteiger partial charge in [-0.3, -0.25) is 9.59 Å². The van der Waals surface area contributed by atoms with Gasteiger partial charge < -0.3 is 0 Å². The molecule has 1 atom stereocenters. The standard InChI is InChI=1S/C24H17Cl2NO2/c25-19-12-11-18(13-20(19)26)27-21(28)14-23(22(27)29)15-24(23,16-7-3-1-4-8-16)17-9-5-2-6-10-17/h1-13H,14-15H2/t23-/m1/s1. The van der Waals surface area contributed by atoms with Crippen molar-refractivity contribution in [2.45, 2.75) is 18.3 Å². The second-order valence-corrected chi connectivity index (χ2v) is 8.52. The van der Waals surface area contributed by atoms with E-state index in [2.05, 4.69) is 0 Å². The summed E-state index contributed by atoms with van der Waals surface area (Å²) in [5, 5.41) is 0.706. The molecule has 1 saturated carbocycles. The summed E-state index contributed by atoms with van der Waals surface area (Å²) in [4.78, 5) is 28.0. The first-order valence-electron chi connectivity index (χ1n) is 9.43. The minimum absolute atomic E-state index is 0.173. The summed E-state index contributed by atoms with van der Waals surface area (Å²) in [5.74, 6) is -0.379. The summed E-state index contributed by atoms with van der Waals surface area (Å²) in [6.07, 6.45) is 0.784. The van der Waals surface area contributed by atoms with Crippen LogP contribution < -0.4 is 4.90 Å². The van der Waals surface area contributed by atoms with Crippen LogP contribution in [0.5, 0.6) is 0 Å². The van der Waals surface area contributed by atoms with Gasteiger partial charge in [0.05, 0.1) is 21.1 Å². The van der Waals surface area contributed by atoms with E-state index in [0.29, 0.717) is 22.2 Å². The lowest BCUT2D eigenvalue weighted by molar-refractivity contribution is -0.123. The molecule has 2 aliphatic rings. The molecule has 2 fully saturated rings. The number of imide groups is 1. The fraction of sp³-hybridized carbons (Fsp3) is 0.167. The van der Waals surface area contributed by atoms with E-state index < -0.39 is 10.8 Å². The molecular weight excluding hydrogens is 405 g/mol. The molecule has 3 aromatic rings. The molecule has 5 rings (SSSR count). The van der Waals surface area contributed by atoms with Gasteiger partial charge in [-0.05, 0) is 35.7 Å². The third kappa shape index (κ3) is 2.51. The lowest BCUT2D eigenvalue weighted by atomic mass is 9.79. The Bertz CT molecular complexity index is 1090. The number of anilines is 1. The monoisotopic (exact) mass is 421 g/mol. The van der Waals surface area contributed by atoms with E-state index in [1.807, 2.05) is 60.7 Å². The third-order valence-electron chi connectivity index (χ3n) is 6.27. The highest BCUT2D eigenvalue weighted by Crippen LogP contribution is 2.72. The number of hydrogen-bond acceptors (Lipinski definition) is 2. The van der Waals surface area contributed by atoms with Crippen LogP contribution in [0.4, 0.5) is 5.69 Å². The molecular formula is C24H17Cl2NO2. The smallest absolute Gasteiger partial charge is 0.241 e. The Morgan fingerprint density at radius 2 is 1.34 bits per heavy atom. The van der Waals surface area contributed by atoms with Crippen LogP contribution >= 0.6 is 23.2 Å². The number of hydrogen-bond donors (Lipinski definition) is 0. The van der Waals surface area contributed by atoms with Crippen molar-refractivity contribution in [2.24, 2.45) is 5.41 Å². The molecule has 144 valence electrons. The molecule has 0 N–H and O–H groups in total. The highest BCUT2D eigenvalue weighted by molar-refractivity contribution is 6.42. The van der Waals surface area contributed by atoms with E-state index in [9.17, 15) is 9.59 Å². The molecule has 3 aromatic carbocycles. The summed E-state index contributed by atoms with van der Waals surface area (Å²) in [5.41, 5.74) is 1.30. The van der Waals surface area contributed by atoms with Crippen LogP contribution in [-0.2, 0) is 15.0 Å². The Morgan fingerprint density at radius 1 is 0.759 bits per heavy atom. The molecule has 1 aliphatic carbocycles. The van der Waals surface area contributed by atoms with E-state index in [1.54, 1.807) is 18.2 Å². The lowest BCUT2D eigenvalue weighted by Gasteiger charge is -2.23. The van der Waals surface area contributed by atoms with Gasteiger partial charge in [-0.2, -0.15) is 0 Å². The van der Waals surface area contributed by atoms with Gasteiger partial charge in [-0.25, -0.2) is 4.90 Å². The number of carbonyl (C=O) groups is 2. The minimum atomic E-state index is -0.779. The number of rotatable bonds is 3. The van der Waals surface area contributed by atoms with E-state index in [-0.39, 0.29) is 18.2 Å². The van der Waals surface area contributed by atoms with Gasteiger partial charge in [0.1, 0.15) is 0 Å². The topological polar surface area (TPSA) is 37.4 Å². The summed E-state index contributed by atoms with van der Waals surface area (Å²) in [6, 6.07) is 24.8. The van der Waals surface area contributed by atoms with Crippen molar-refractivity contribution in [1.82, 2.24) is 0 Å². The molecule has 3 nitrogen and oxygen atoms in total. The number of carbonyl (C=O) groups excluding carboxylic acids is 2. The molecule has 1 aliphatic heterocycles. The van der Waals surface area contributed by atoms with E-state index >= 15 is 0 Å². The third-order valence-corrected chi connectivity index (χ3v) is 7.01. The molecule has 2 amide bonds. The molecule has 1 saturated heterocycles. The highest BCUT2D eigenvalue weighted by Gasteiger charge is 2.77. The zero-order chi connectivity index (χ0) is 20.2. The van der Waals surface area contributed by atoms with Crippen LogP contribution in [0.2, 0.25) is 10.0 Å². The summed E-state index contributed by atoms with van der Waals surface area (Å²) in [6.45, 7) is 0. The largest absolute Gasteiger partial charge is 0.274 e. The average molecular weight is 422 g/mol. The van der Waals surface area contributed by atoms with Crippen molar-refractivity contribution in [3.8, 4) is 0 Å². The number of amides is 2. The quantitative estimate of drug-likeness (QED) is 0.513. The van der Waals surface area contributed by atoms with E-state index in [4.69, 9.17) is 23.2 Å². The Hall–Kier alpha value is -2.62. The highest BCUT2D eigenvalue weighted by atomic mass is 35.5. The fourth-order valence-corrected chi connectivity index (χ4v) is 5.17. The fourth-order valence-electron chi connectivity index (χ4n) is 4.87. The second kappa shape index (κ2) is 6.45. The van der Waals surface area contributed by atoms with Gasteiger partial charge in [0.25, 0.3) is 0 Å². The maximum absolute atomic E-state index is 13.7. The number of nitrogens with zero attached hydrogens (tertiary/aromatic N) is 1. The van der Waals surface area contributed by atoms with Crippen LogP contribution in [0.1, 0.15) is 24.0 Å². The van der Waals surface area contributed by atoms with Crippen LogP contribution in [0.25, 0.3) is 0 Å². The maximum atomic E-state index is 13.7. The van der Waals surface area contributed by atoms with E-state index in [0.717, 1.165) is 11.1 Å². The van der Waals surface area contributed by atoms with Crippen molar-refractivity contribution in [3.05, 3.63) is 100 Å². The zero-order valence-corrected chi connectivity index (χ0v) is 17.0. The molecule has 0 unspecified atom stereocenters. The Morgan fingerprint density at radius 3 is 1.90 bits per heavy atom. The number of benzene rings is 3. The van der Waals surface area contributed by atoms with Gasteiger partial charge in [0.2, 0.25) is 11.8 Å². The molecule has 0 aromatic heterocycles. The molecule has 0 radical (unpaired) electrons. The Balaban J connectivity index is 1.63. The van der Waals surface area contributed by atoms with Crippen LogP contribution in [-0.4, -0.2) is 11.8 Å². The van der Waals surface area contributed by atoms with Crippen LogP contribution in [0.15, 0.2) is 78.9 Å². The average Bonchev–Trinajstić information content (AvgIpc) is 3.35. The van der Waals surface area contributed by atoms with Gasteiger partial charge >= 0.3 is 0 Å². The SMILES string of the molecule is O=C1C[C@@]2(CC2(c2ccccc2)c2ccccc2)C(=O)N1c1ccc(Cl)c(Cl)c1. The molecule has 1 heterocycles. The summed E-state index contributed by atoms with van der Waals surface area (Å²) >= 11 is 12.2. The first kappa shape index (κ1) is 18.4. The predicted octanol–water partition coefficient (Wildman–Crippen LogP) is 5.63. The number of halogens is 2. The van der Waals surface area contributed by atoms with Crippen molar-refractivity contribution >= 4 is 40.7 Å². The van der Waals surface area contributed by atoms with Crippen molar-refractivity contribution in [3.63, 3.8) is 0 Å². The molecule has 5 heteroatoms. The Kier molecular flexibility index (Phi) is 4.09. The maximum Gasteiger partial charge on any atom is 0.241 e. The second-order valence-electron chi connectivity index (χ2n) is 7.71.